The maximum absolute atomic E-state index is 11.9. The number of rotatable bonds is 2. The standard InChI is InChI=1S/C10H10F3N3O/c11-10(12,13)17-8-3-1-7(2-4-8)16-9-14-5-6-15-9/h1-4H,5-6H2,(H2,14,15,16). The van der Waals surface area contributed by atoms with Gasteiger partial charge in [0, 0.05) is 12.2 Å². The van der Waals surface area contributed by atoms with Gasteiger partial charge in [-0.15, -0.1) is 13.2 Å². The highest BCUT2D eigenvalue weighted by Crippen LogP contribution is 2.23. The van der Waals surface area contributed by atoms with E-state index in [1.807, 2.05) is 0 Å². The smallest absolute Gasteiger partial charge is 0.406 e. The Kier molecular flexibility index (Phi) is 3.08. The zero-order valence-corrected chi connectivity index (χ0v) is 8.71. The molecule has 0 amide bonds. The minimum absolute atomic E-state index is 0.246. The lowest BCUT2D eigenvalue weighted by molar-refractivity contribution is -0.274. The fraction of sp³-hybridized carbons (Fsp3) is 0.300. The molecule has 2 N–H and O–H groups in total. The number of halogens is 3. The molecule has 0 radical (unpaired) electrons. The number of ether oxygens (including phenoxy) is 1. The minimum atomic E-state index is -4.66. The van der Waals surface area contributed by atoms with Crippen molar-refractivity contribution in [3.63, 3.8) is 0 Å². The van der Waals surface area contributed by atoms with Crippen molar-refractivity contribution in [2.45, 2.75) is 6.36 Å². The quantitative estimate of drug-likeness (QED) is 0.837. The molecule has 1 heterocycles. The third-order valence-electron chi connectivity index (χ3n) is 2.02. The van der Waals surface area contributed by atoms with Gasteiger partial charge in [-0.3, -0.25) is 4.99 Å². The molecule has 1 aliphatic rings. The lowest BCUT2D eigenvalue weighted by Gasteiger charge is -2.10. The summed E-state index contributed by atoms with van der Waals surface area (Å²) in [5.74, 6) is 0.374. The SMILES string of the molecule is FC(F)(F)Oc1ccc(NC2=NCCN2)cc1. The van der Waals surface area contributed by atoms with E-state index >= 15 is 0 Å². The van der Waals surface area contributed by atoms with Crippen molar-refractivity contribution in [1.29, 1.82) is 0 Å². The summed E-state index contributed by atoms with van der Waals surface area (Å²) in [6, 6.07) is 5.46. The fourth-order valence-corrected chi connectivity index (χ4v) is 1.36. The largest absolute Gasteiger partial charge is 0.573 e. The zero-order chi connectivity index (χ0) is 12.3. The van der Waals surface area contributed by atoms with E-state index in [1.165, 1.54) is 24.3 Å². The summed E-state index contributed by atoms with van der Waals surface area (Å²) < 4.78 is 39.5. The number of hydrogen-bond donors (Lipinski definition) is 2. The Morgan fingerprint density at radius 3 is 2.47 bits per heavy atom. The van der Waals surface area contributed by atoms with Gasteiger partial charge in [-0.05, 0) is 24.3 Å². The molecule has 2 rings (SSSR count). The van der Waals surface area contributed by atoms with Gasteiger partial charge in [-0.2, -0.15) is 0 Å². The third kappa shape index (κ3) is 3.54. The van der Waals surface area contributed by atoms with Crippen LogP contribution in [0.4, 0.5) is 18.9 Å². The van der Waals surface area contributed by atoms with Crippen molar-refractivity contribution in [3.05, 3.63) is 24.3 Å². The first-order valence-corrected chi connectivity index (χ1v) is 4.94. The van der Waals surface area contributed by atoms with Gasteiger partial charge in [0.2, 0.25) is 0 Å². The molecule has 0 spiro atoms. The van der Waals surface area contributed by atoms with Gasteiger partial charge >= 0.3 is 6.36 Å². The normalized spacial score (nSPS) is 15.1. The second-order valence-corrected chi connectivity index (χ2v) is 3.35. The van der Waals surface area contributed by atoms with Crippen LogP contribution < -0.4 is 15.4 Å². The van der Waals surface area contributed by atoms with Crippen molar-refractivity contribution in [2.24, 2.45) is 4.99 Å². The van der Waals surface area contributed by atoms with E-state index in [-0.39, 0.29) is 5.75 Å². The van der Waals surface area contributed by atoms with Crippen molar-refractivity contribution in [1.82, 2.24) is 5.32 Å². The highest BCUT2D eigenvalue weighted by atomic mass is 19.4. The van der Waals surface area contributed by atoms with E-state index < -0.39 is 6.36 Å². The Balaban J connectivity index is 1.98. The molecule has 0 saturated heterocycles. The average Bonchev–Trinajstić information content (AvgIpc) is 2.71. The summed E-state index contributed by atoms with van der Waals surface area (Å²) in [4.78, 5) is 4.10. The highest BCUT2D eigenvalue weighted by molar-refractivity contribution is 5.94. The van der Waals surface area contributed by atoms with Crippen LogP contribution in [0.5, 0.6) is 5.75 Å². The molecule has 1 aromatic rings. The molecule has 0 atom stereocenters. The molecule has 1 aromatic carbocycles. The molecule has 92 valence electrons. The van der Waals surface area contributed by atoms with Crippen molar-refractivity contribution >= 4 is 11.6 Å². The van der Waals surface area contributed by atoms with Crippen LogP contribution in [0, 0.1) is 0 Å². The maximum Gasteiger partial charge on any atom is 0.573 e. The van der Waals surface area contributed by atoms with Crippen LogP contribution in [0.3, 0.4) is 0 Å². The Bertz CT molecular complexity index is 414. The molecule has 0 fully saturated rings. The Morgan fingerprint density at radius 2 is 1.94 bits per heavy atom. The predicted octanol–water partition coefficient (Wildman–Crippen LogP) is 1.96. The van der Waals surface area contributed by atoms with Gasteiger partial charge < -0.3 is 15.4 Å². The Labute approximate surface area is 95.5 Å². The number of aliphatic imine (C=N–C) groups is 1. The van der Waals surface area contributed by atoms with E-state index in [0.717, 1.165) is 6.54 Å². The second kappa shape index (κ2) is 4.52. The lowest BCUT2D eigenvalue weighted by Crippen LogP contribution is -2.26. The third-order valence-corrected chi connectivity index (χ3v) is 2.02. The number of anilines is 1. The first-order chi connectivity index (χ1) is 8.03. The molecule has 17 heavy (non-hydrogen) atoms. The van der Waals surface area contributed by atoms with E-state index in [0.29, 0.717) is 18.2 Å². The van der Waals surface area contributed by atoms with Crippen LogP contribution in [0.15, 0.2) is 29.3 Å². The Hall–Kier alpha value is -1.92. The molecule has 0 saturated carbocycles. The fourth-order valence-electron chi connectivity index (χ4n) is 1.36. The summed E-state index contributed by atoms with van der Waals surface area (Å²) >= 11 is 0. The topological polar surface area (TPSA) is 45.6 Å². The van der Waals surface area contributed by atoms with Crippen molar-refractivity contribution in [3.8, 4) is 5.75 Å². The summed E-state index contributed by atoms with van der Waals surface area (Å²) in [6.45, 7) is 1.45. The molecule has 4 nitrogen and oxygen atoms in total. The predicted molar refractivity (Wildman–Crippen MR) is 57.1 cm³/mol. The van der Waals surface area contributed by atoms with Crippen LogP contribution in [-0.4, -0.2) is 25.4 Å². The summed E-state index contributed by atoms with van der Waals surface area (Å²) in [5, 5.41) is 5.92. The number of nitrogens with one attached hydrogen (secondary N) is 2. The number of nitrogens with zero attached hydrogens (tertiary/aromatic N) is 1. The maximum atomic E-state index is 11.9. The molecule has 0 aliphatic carbocycles. The first-order valence-electron chi connectivity index (χ1n) is 4.94. The van der Waals surface area contributed by atoms with Crippen molar-refractivity contribution < 1.29 is 17.9 Å². The minimum Gasteiger partial charge on any atom is -0.406 e. The molecule has 0 bridgehead atoms. The summed E-state index contributed by atoms with van der Waals surface area (Å²) in [6.07, 6.45) is -4.66. The monoisotopic (exact) mass is 245 g/mol. The van der Waals surface area contributed by atoms with Crippen LogP contribution in [0.25, 0.3) is 0 Å². The van der Waals surface area contributed by atoms with Crippen LogP contribution in [0.2, 0.25) is 0 Å². The molecular formula is C10H10F3N3O. The van der Waals surface area contributed by atoms with E-state index in [4.69, 9.17) is 0 Å². The van der Waals surface area contributed by atoms with Gasteiger partial charge in [-0.1, -0.05) is 0 Å². The van der Waals surface area contributed by atoms with Crippen molar-refractivity contribution in [2.75, 3.05) is 18.4 Å². The number of alkyl halides is 3. The van der Waals surface area contributed by atoms with Gasteiger partial charge in [0.15, 0.2) is 5.96 Å². The summed E-state index contributed by atoms with van der Waals surface area (Å²) in [7, 11) is 0. The van der Waals surface area contributed by atoms with E-state index in [9.17, 15) is 13.2 Å². The lowest BCUT2D eigenvalue weighted by atomic mass is 10.3. The highest BCUT2D eigenvalue weighted by Gasteiger charge is 2.30. The number of guanidine groups is 1. The van der Waals surface area contributed by atoms with Crippen LogP contribution in [-0.2, 0) is 0 Å². The van der Waals surface area contributed by atoms with Gasteiger partial charge in [0.1, 0.15) is 5.75 Å². The van der Waals surface area contributed by atoms with E-state index in [2.05, 4.69) is 20.4 Å². The second-order valence-electron chi connectivity index (χ2n) is 3.35. The average molecular weight is 245 g/mol. The van der Waals surface area contributed by atoms with Crippen LogP contribution >= 0.6 is 0 Å². The van der Waals surface area contributed by atoms with Crippen LogP contribution in [0.1, 0.15) is 0 Å². The van der Waals surface area contributed by atoms with Gasteiger partial charge in [-0.25, -0.2) is 0 Å². The molecule has 0 unspecified atom stereocenters. The molecule has 7 heteroatoms. The number of benzene rings is 1. The summed E-state index contributed by atoms with van der Waals surface area (Å²) in [5.41, 5.74) is 0.646. The van der Waals surface area contributed by atoms with E-state index in [1.54, 1.807) is 0 Å². The van der Waals surface area contributed by atoms with Gasteiger partial charge in [0.05, 0.1) is 6.54 Å². The Morgan fingerprint density at radius 1 is 1.24 bits per heavy atom. The first kappa shape index (κ1) is 11.6. The van der Waals surface area contributed by atoms with Gasteiger partial charge in [0.25, 0.3) is 0 Å². The number of hydrogen-bond acceptors (Lipinski definition) is 4. The molecule has 0 aromatic heterocycles. The zero-order valence-electron chi connectivity index (χ0n) is 8.71. The molecular weight excluding hydrogens is 235 g/mol. The molecule has 1 aliphatic heterocycles.